The molecule has 2 rings (SSSR count). The highest BCUT2D eigenvalue weighted by atomic mass is 16.2. The molecular formula is C9H13N3O3. The highest BCUT2D eigenvalue weighted by molar-refractivity contribution is 5.94. The first-order valence-electron chi connectivity index (χ1n) is 4.99. The lowest BCUT2D eigenvalue weighted by Crippen LogP contribution is -2.60. The Morgan fingerprint density at radius 3 is 2.53 bits per heavy atom. The quantitative estimate of drug-likeness (QED) is 0.573. The average molecular weight is 211 g/mol. The van der Waals surface area contributed by atoms with E-state index in [1.54, 1.807) is 0 Å². The number of nitrogens with two attached hydrogens (primary N) is 1. The molecule has 0 aliphatic carbocycles. The molecule has 6 heteroatoms. The number of amides is 3. The molecule has 0 aromatic carbocycles. The van der Waals surface area contributed by atoms with E-state index in [4.69, 9.17) is 5.73 Å². The predicted molar refractivity (Wildman–Crippen MR) is 50.5 cm³/mol. The molecule has 1 unspecified atom stereocenters. The van der Waals surface area contributed by atoms with Crippen molar-refractivity contribution in [3.8, 4) is 0 Å². The Balaban J connectivity index is 1.97. The Morgan fingerprint density at radius 1 is 1.40 bits per heavy atom. The second-order valence-electron chi connectivity index (χ2n) is 3.90. The van der Waals surface area contributed by atoms with Gasteiger partial charge in [0.05, 0.1) is 0 Å². The number of nitrogens with zero attached hydrogens (tertiary/aromatic N) is 1. The molecular weight excluding hydrogens is 198 g/mol. The Labute approximate surface area is 86.8 Å². The van der Waals surface area contributed by atoms with E-state index in [-0.39, 0.29) is 11.8 Å². The first-order chi connectivity index (χ1) is 7.09. The van der Waals surface area contributed by atoms with Crippen molar-refractivity contribution in [2.24, 2.45) is 5.73 Å². The largest absolute Gasteiger partial charge is 0.368 e. The van der Waals surface area contributed by atoms with E-state index >= 15 is 0 Å². The number of likely N-dealkylation sites (tertiary alicyclic amines) is 1. The van der Waals surface area contributed by atoms with Crippen LogP contribution in [-0.2, 0) is 14.4 Å². The molecule has 2 saturated heterocycles. The molecule has 0 aromatic heterocycles. The molecule has 0 radical (unpaired) electrons. The number of rotatable bonds is 2. The van der Waals surface area contributed by atoms with Crippen molar-refractivity contribution < 1.29 is 14.4 Å². The summed E-state index contributed by atoms with van der Waals surface area (Å²) in [5, 5.41) is 2.58. The highest BCUT2D eigenvalue weighted by Crippen LogP contribution is 2.20. The maximum Gasteiger partial charge on any atom is 0.245 e. The molecule has 2 aliphatic rings. The molecule has 0 aromatic rings. The topological polar surface area (TPSA) is 92.5 Å². The summed E-state index contributed by atoms with van der Waals surface area (Å²) in [4.78, 5) is 35.1. The van der Waals surface area contributed by atoms with Crippen LogP contribution in [0.15, 0.2) is 0 Å². The van der Waals surface area contributed by atoms with Crippen LogP contribution in [0.1, 0.15) is 19.3 Å². The highest BCUT2D eigenvalue weighted by Gasteiger charge is 2.40. The SMILES string of the molecule is NC(=O)C1CCN1C(=O)[C@H]1CCC(=O)N1. The van der Waals surface area contributed by atoms with Gasteiger partial charge in [-0.15, -0.1) is 0 Å². The van der Waals surface area contributed by atoms with Gasteiger partial charge in [-0.3, -0.25) is 14.4 Å². The smallest absolute Gasteiger partial charge is 0.245 e. The Bertz CT molecular complexity index is 329. The van der Waals surface area contributed by atoms with Gasteiger partial charge in [0.1, 0.15) is 12.1 Å². The third-order valence-corrected chi connectivity index (χ3v) is 2.92. The summed E-state index contributed by atoms with van der Waals surface area (Å²) in [6.07, 6.45) is 1.52. The molecule has 3 N–H and O–H groups in total. The second kappa shape index (κ2) is 3.52. The summed E-state index contributed by atoms with van der Waals surface area (Å²) < 4.78 is 0. The monoisotopic (exact) mass is 211 g/mol. The van der Waals surface area contributed by atoms with Crippen LogP contribution in [0, 0.1) is 0 Å². The van der Waals surface area contributed by atoms with Crippen molar-refractivity contribution in [2.75, 3.05) is 6.54 Å². The first kappa shape index (κ1) is 9.95. The lowest BCUT2D eigenvalue weighted by molar-refractivity contribution is -0.147. The van der Waals surface area contributed by atoms with Gasteiger partial charge in [-0.25, -0.2) is 0 Å². The van der Waals surface area contributed by atoms with Crippen LogP contribution in [0.25, 0.3) is 0 Å². The van der Waals surface area contributed by atoms with Gasteiger partial charge in [0, 0.05) is 13.0 Å². The minimum absolute atomic E-state index is 0.107. The molecule has 0 saturated carbocycles. The normalized spacial score (nSPS) is 29.6. The van der Waals surface area contributed by atoms with E-state index in [0.717, 1.165) is 0 Å². The van der Waals surface area contributed by atoms with Crippen LogP contribution in [0.5, 0.6) is 0 Å². The molecule has 15 heavy (non-hydrogen) atoms. The zero-order valence-electron chi connectivity index (χ0n) is 8.23. The van der Waals surface area contributed by atoms with E-state index in [0.29, 0.717) is 25.8 Å². The predicted octanol–water partition coefficient (Wildman–Crippen LogP) is -1.65. The van der Waals surface area contributed by atoms with E-state index in [9.17, 15) is 14.4 Å². The summed E-state index contributed by atoms with van der Waals surface area (Å²) >= 11 is 0. The Kier molecular flexibility index (Phi) is 2.34. The van der Waals surface area contributed by atoms with Gasteiger partial charge < -0.3 is 16.0 Å². The van der Waals surface area contributed by atoms with Crippen molar-refractivity contribution in [2.45, 2.75) is 31.3 Å². The molecule has 3 amide bonds. The van der Waals surface area contributed by atoms with Gasteiger partial charge in [-0.2, -0.15) is 0 Å². The number of hydrogen-bond donors (Lipinski definition) is 2. The molecule has 0 bridgehead atoms. The van der Waals surface area contributed by atoms with Gasteiger partial charge in [-0.05, 0) is 12.8 Å². The van der Waals surface area contributed by atoms with E-state index in [1.807, 2.05) is 0 Å². The Morgan fingerprint density at radius 2 is 2.13 bits per heavy atom. The third-order valence-electron chi connectivity index (χ3n) is 2.92. The summed E-state index contributed by atoms with van der Waals surface area (Å²) in [7, 11) is 0. The zero-order valence-corrected chi connectivity index (χ0v) is 8.23. The number of carbonyl (C=O) groups excluding carboxylic acids is 3. The second-order valence-corrected chi connectivity index (χ2v) is 3.90. The lowest BCUT2D eigenvalue weighted by Gasteiger charge is -2.40. The van der Waals surface area contributed by atoms with Crippen LogP contribution in [-0.4, -0.2) is 41.2 Å². The van der Waals surface area contributed by atoms with Crippen LogP contribution in [0.3, 0.4) is 0 Å². The van der Waals surface area contributed by atoms with Gasteiger partial charge in [0.25, 0.3) is 0 Å². The summed E-state index contributed by atoms with van der Waals surface area (Å²) in [6, 6.07) is -0.936. The van der Waals surface area contributed by atoms with Crippen molar-refractivity contribution in [1.29, 1.82) is 0 Å². The van der Waals surface area contributed by atoms with Gasteiger partial charge in [-0.1, -0.05) is 0 Å². The van der Waals surface area contributed by atoms with Crippen molar-refractivity contribution in [1.82, 2.24) is 10.2 Å². The fraction of sp³-hybridized carbons (Fsp3) is 0.667. The van der Waals surface area contributed by atoms with E-state index in [1.165, 1.54) is 4.90 Å². The molecule has 82 valence electrons. The van der Waals surface area contributed by atoms with Gasteiger partial charge in [0.2, 0.25) is 17.7 Å². The fourth-order valence-electron chi connectivity index (χ4n) is 1.95. The number of nitrogens with one attached hydrogen (secondary N) is 1. The Hall–Kier alpha value is -1.59. The molecule has 2 aliphatic heterocycles. The molecule has 2 atom stereocenters. The lowest BCUT2D eigenvalue weighted by atomic mass is 10.0. The van der Waals surface area contributed by atoms with Crippen LogP contribution >= 0.6 is 0 Å². The summed E-state index contributed by atoms with van der Waals surface area (Å²) in [5.74, 6) is -0.765. The van der Waals surface area contributed by atoms with Crippen molar-refractivity contribution in [3.63, 3.8) is 0 Å². The summed E-state index contributed by atoms with van der Waals surface area (Å²) in [6.45, 7) is 0.554. The standard InChI is InChI=1S/C9H13N3O3/c10-8(14)6-3-4-12(6)9(15)5-1-2-7(13)11-5/h5-6H,1-4H2,(H2,10,14)(H,11,13)/t5-,6?/m1/s1. The van der Waals surface area contributed by atoms with Crippen molar-refractivity contribution >= 4 is 17.7 Å². The average Bonchev–Trinajstić information content (AvgIpc) is 2.48. The van der Waals surface area contributed by atoms with Crippen LogP contribution < -0.4 is 11.1 Å². The van der Waals surface area contributed by atoms with E-state index < -0.39 is 18.0 Å². The third kappa shape index (κ3) is 1.67. The fourth-order valence-corrected chi connectivity index (χ4v) is 1.95. The zero-order chi connectivity index (χ0) is 11.0. The van der Waals surface area contributed by atoms with Crippen LogP contribution in [0.4, 0.5) is 0 Å². The first-order valence-corrected chi connectivity index (χ1v) is 4.99. The summed E-state index contributed by atoms with van der Waals surface area (Å²) in [5.41, 5.74) is 5.13. The minimum atomic E-state index is -0.477. The maximum absolute atomic E-state index is 11.8. The van der Waals surface area contributed by atoms with Gasteiger partial charge >= 0.3 is 0 Å². The molecule has 0 spiro atoms. The molecule has 2 fully saturated rings. The maximum atomic E-state index is 11.8. The van der Waals surface area contributed by atoms with E-state index in [2.05, 4.69) is 5.32 Å². The number of primary amides is 1. The molecule has 6 nitrogen and oxygen atoms in total. The minimum Gasteiger partial charge on any atom is -0.368 e. The molecule has 2 heterocycles. The number of hydrogen-bond acceptors (Lipinski definition) is 3. The number of carbonyl (C=O) groups is 3. The van der Waals surface area contributed by atoms with Crippen LogP contribution in [0.2, 0.25) is 0 Å². The van der Waals surface area contributed by atoms with Crippen molar-refractivity contribution in [3.05, 3.63) is 0 Å². The van der Waals surface area contributed by atoms with Gasteiger partial charge in [0.15, 0.2) is 0 Å².